The van der Waals surface area contributed by atoms with Crippen molar-refractivity contribution in [2.24, 2.45) is 0 Å². The van der Waals surface area contributed by atoms with Crippen molar-refractivity contribution in [3.05, 3.63) is 51.6 Å². The Kier molecular flexibility index (Phi) is 4.27. The summed E-state index contributed by atoms with van der Waals surface area (Å²) in [5.41, 5.74) is 0.601. The second-order valence-corrected chi connectivity index (χ2v) is 6.98. The van der Waals surface area contributed by atoms with E-state index in [1.807, 2.05) is 23.6 Å². The Hall–Kier alpha value is -1.38. The van der Waals surface area contributed by atoms with E-state index < -0.39 is 0 Å². The molecule has 2 N–H and O–H groups in total. The number of rotatable bonds is 4. The number of thioether (sulfide) groups is 1. The molecule has 0 amide bonds. The normalized spacial score (nSPS) is 11.0. The Morgan fingerprint density at radius 3 is 2.90 bits per heavy atom. The maximum Gasteiger partial charge on any atom is 0.210 e. The number of hydrogen-bond donors (Lipinski definition) is 1. The van der Waals surface area contributed by atoms with Crippen molar-refractivity contribution in [3.63, 3.8) is 0 Å². The van der Waals surface area contributed by atoms with Gasteiger partial charge in [0.15, 0.2) is 5.82 Å². The second kappa shape index (κ2) is 6.17. The number of aromatic nitrogens is 3. The van der Waals surface area contributed by atoms with Gasteiger partial charge in [-0.15, -0.1) is 21.5 Å². The number of benzene rings is 1. The SMILES string of the molecule is Nn1c(SCc2ccc(Br)cc2F)nnc1-c1cccs1. The topological polar surface area (TPSA) is 56.7 Å². The Labute approximate surface area is 137 Å². The van der Waals surface area contributed by atoms with Crippen LogP contribution in [0, 0.1) is 5.82 Å². The van der Waals surface area contributed by atoms with Crippen LogP contribution in [0.3, 0.4) is 0 Å². The Balaban J connectivity index is 1.77. The summed E-state index contributed by atoms with van der Waals surface area (Å²) >= 11 is 6.13. The third-order valence-electron chi connectivity index (χ3n) is 2.78. The highest BCUT2D eigenvalue weighted by molar-refractivity contribution is 9.10. The van der Waals surface area contributed by atoms with Gasteiger partial charge in [0.25, 0.3) is 0 Å². The average molecular weight is 385 g/mol. The zero-order valence-electron chi connectivity index (χ0n) is 10.7. The van der Waals surface area contributed by atoms with Crippen LogP contribution in [-0.2, 0) is 5.75 Å². The molecule has 0 bridgehead atoms. The van der Waals surface area contributed by atoms with Gasteiger partial charge in [-0.05, 0) is 29.1 Å². The van der Waals surface area contributed by atoms with Gasteiger partial charge in [0.05, 0.1) is 4.88 Å². The van der Waals surface area contributed by atoms with Gasteiger partial charge in [-0.1, -0.05) is 39.8 Å². The van der Waals surface area contributed by atoms with Gasteiger partial charge in [0, 0.05) is 10.2 Å². The molecule has 21 heavy (non-hydrogen) atoms. The summed E-state index contributed by atoms with van der Waals surface area (Å²) in [6.45, 7) is 0. The Morgan fingerprint density at radius 1 is 1.33 bits per heavy atom. The highest BCUT2D eigenvalue weighted by Gasteiger charge is 2.13. The second-order valence-electron chi connectivity index (χ2n) is 4.18. The van der Waals surface area contributed by atoms with Crippen LogP contribution in [0.4, 0.5) is 4.39 Å². The fourth-order valence-electron chi connectivity index (χ4n) is 1.73. The van der Waals surface area contributed by atoms with Crippen molar-refractivity contribution >= 4 is 39.0 Å². The van der Waals surface area contributed by atoms with Crippen molar-refractivity contribution < 1.29 is 4.39 Å². The number of nitrogens with two attached hydrogens (primary N) is 1. The molecule has 3 aromatic rings. The van der Waals surface area contributed by atoms with Crippen LogP contribution in [0.2, 0.25) is 0 Å². The number of halogens is 2. The standard InChI is InChI=1S/C13H10BrFN4S2/c14-9-4-3-8(10(15)6-9)7-21-13-18-17-12(19(13)16)11-2-1-5-20-11/h1-6H,7,16H2. The average Bonchev–Trinajstić information content (AvgIpc) is 3.08. The van der Waals surface area contributed by atoms with Crippen molar-refractivity contribution in [2.45, 2.75) is 10.9 Å². The van der Waals surface area contributed by atoms with Gasteiger partial charge >= 0.3 is 0 Å². The fraction of sp³-hybridized carbons (Fsp3) is 0.0769. The van der Waals surface area contributed by atoms with Crippen molar-refractivity contribution in [1.82, 2.24) is 14.9 Å². The molecule has 2 aromatic heterocycles. The Bertz CT molecular complexity index is 758. The molecule has 8 heteroatoms. The zero-order valence-corrected chi connectivity index (χ0v) is 13.9. The summed E-state index contributed by atoms with van der Waals surface area (Å²) in [6, 6.07) is 8.85. The van der Waals surface area contributed by atoms with E-state index in [-0.39, 0.29) is 5.82 Å². The van der Waals surface area contributed by atoms with E-state index in [1.54, 1.807) is 17.4 Å². The quantitative estimate of drug-likeness (QED) is 0.547. The lowest BCUT2D eigenvalue weighted by Gasteiger charge is -2.04. The van der Waals surface area contributed by atoms with Crippen LogP contribution in [0.25, 0.3) is 10.7 Å². The predicted molar refractivity (Wildman–Crippen MR) is 87.1 cm³/mol. The van der Waals surface area contributed by atoms with Gasteiger partial charge in [-0.2, -0.15) is 0 Å². The number of thiophene rings is 1. The lowest BCUT2D eigenvalue weighted by atomic mass is 10.2. The molecule has 0 unspecified atom stereocenters. The number of hydrogen-bond acceptors (Lipinski definition) is 5. The van der Waals surface area contributed by atoms with Crippen LogP contribution in [0.1, 0.15) is 5.56 Å². The smallest absolute Gasteiger partial charge is 0.210 e. The summed E-state index contributed by atoms with van der Waals surface area (Å²) in [5.74, 6) is 6.80. The molecule has 0 aliphatic heterocycles. The van der Waals surface area contributed by atoms with Crippen LogP contribution in [0.5, 0.6) is 0 Å². The monoisotopic (exact) mass is 384 g/mol. The minimum atomic E-state index is -0.251. The fourth-order valence-corrected chi connectivity index (χ4v) is 3.61. The van der Waals surface area contributed by atoms with Gasteiger partial charge < -0.3 is 5.84 Å². The van der Waals surface area contributed by atoms with Gasteiger partial charge in [0.2, 0.25) is 5.16 Å². The molecule has 0 aliphatic rings. The highest BCUT2D eigenvalue weighted by Crippen LogP contribution is 2.27. The van der Waals surface area contributed by atoms with Crippen molar-refractivity contribution in [2.75, 3.05) is 5.84 Å². The first-order valence-electron chi connectivity index (χ1n) is 5.96. The molecule has 108 valence electrons. The third-order valence-corrected chi connectivity index (χ3v) is 5.13. The van der Waals surface area contributed by atoms with Crippen LogP contribution < -0.4 is 5.84 Å². The lowest BCUT2D eigenvalue weighted by Crippen LogP contribution is -2.11. The van der Waals surface area contributed by atoms with Gasteiger partial charge in [0.1, 0.15) is 5.82 Å². The number of nitrogens with zero attached hydrogens (tertiary/aromatic N) is 3. The van der Waals surface area contributed by atoms with Crippen LogP contribution in [-0.4, -0.2) is 14.9 Å². The molecule has 0 radical (unpaired) electrons. The summed E-state index contributed by atoms with van der Waals surface area (Å²) in [6.07, 6.45) is 0. The molecule has 0 saturated carbocycles. The largest absolute Gasteiger partial charge is 0.335 e. The maximum atomic E-state index is 13.8. The van der Waals surface area contributed by atoms with E-state index in [0.29, 0.717) is 22.3 Å². The first-order valence-corrected chi connectivity index (χ1v) is 8.62. The molecular weight excluding hydrogens is 375 g/mol. The third kappa shape index (κ3) is 3.12. The minimum Gasteiger partial charge on any atom is -0.335 e. The number of nitrogen functional groups attached to an aromatic ring is 1. The molecule has 0 aliphatic carbocycles. The highest BCUT2D eigenvalue weighted by atomic mass is 79.9. The summed E-state index contributed by atoms with van der Waals surface area (Å²) in [7, 11) is 0. The molecular formula is C13H10BrFN4S2. The molecule has 1 aromatic carbocycles. The van der Waals surface area contributed by atoms with E-state index in [0.717, 1.165) is 9.35 Å². The molecule has 0 atom stereocenters. The van der Waals surface area contributed by atoms with E-state index in [4.69, 9.17) is 5.84 Å². The van der Waals surface area contributed by atoms with Crippen LogP contribution >= 0.6 is 39.0 Å². The molecule has 0 spiro atoms. The zero-order chi connectivity index (χ0) is 14.8. The van der Waals surface area contributed by atoms with Gasteiger partial charge in [-0.3, -0.25) is 0 Å². The summed E-state index contributed by atoms with van der Waals surface area (Å²) < 4.78 is 15.9. The van der Waals surface area contributed by atoms with E-state index in [2.05, 4.69) is 26.1 Å². The van der Waals surface area contributed by atoms with Gasteiger partial charge in [-0.25, -0.2) is 9.07 Å². The van der Waals surface area contributed by atoms with Crippen molar-refractivity contribution in [1.29, 1.82) is 0 Å². The lowest BCUT2D eigenvalue weighted by molar-refractivity contribution is 0.616. The summed E-state index contributed by atoms with van der Waals surface area (Å²) in [4.78, 5) is 0.951. The first-order chi connectivity index (χ1) is 10.1. The molecule has 3 rings (SSSR count). The molecule has 2 heterocycles. The van der Waals surface area contributed by atoms with E-state index in [9.17, 15) is 4.39 Å². The maximum absolute atomic E-state index is 13.8. The minimum absolute atomic E-state index is 0.251. The van der Waals surface area contributed by atoms with E-state index in [1.165, 1.54) is 22.5 Å². The Morgan fingerprint density at radius 2 is 2.19 bits per heavy atom. The molecule has 0 saturated heterocycles. The van der Waals surface area contributed by atoms with Crippen LogP contribution in [0.15, 0.2) is 45.3 Å². The molecule has 0 fully saturated rings. The molecule has 4 nitrogen and oxygen atoms in total. The van der Waals surface area contributed by atoms with Crippen molar-refractivity contribution in [3.8, 4) is 10.7 Å². The first kappa shape index (κ1) is 14.6. The summed E-state index contributed by atoms with van der Waals surface area (Å²) in [5, 5.41) is 10.7. The predicted octanol–water partition coefficient (Wildman–Crippen LogP) is 3.91. The van der Waals surface area contributed by atoms with E-state index >= 15 is 0 Å².